The average Bonchev–Trinajstić information content (AvgIpc) is 2.79. The standard InChI is InChI=1S/C25H21FN4O3/c26-19-12-15(8-11-18(19)25(31)32)21-13-20(27)22(24(28)29)23(30-21)14-6-9-17(10-7-14)33-16-4-2-1-3-5-16/h1-9,11-13,17H,10H2,(H2,27,30)(H3,28,29)(H,31,32). The van der Waals surface area contributed by atoms with Gasteiger partial charge < -0.3 is 21.3 Å². The van der Waals surface area contributed by atoms with Gasteiger partial charge in [-0.15, -0.1) is 0 Å². The molecule has 0 bridgehead atoms. The molecule has 3 aromatic rings. The second-order valence-electron chi connectivity index (χ2n) is 7.46. The molecule has 1 heterocycles. The number of nitrogen functional groups attached to an aromatic ring is 2. The van der Waals surface area contributed by atoms with Gasteiger partial charge in [0.25, 0.3) is 0 Å². The fraction of sp³-hybridized carbons (Fsp3) is 0.0800. The first-order valence-electron chi connectivity index (χ1n) is 10.1. The summed E-state index contributed by atoms with van der Waals surface area (Å²) in [6.07, 6.45) is 6.02. The number of anilines is 1. The van der Waals surface area contributed by atoms with Crippen molar-refractivity contribution in [3.63, 3.8) is 0 Å². The number of nitrogens with two attached hydrogens (primary N) is 2. The van der Waals surface area contributed by atoms with E-state index in [2.05, 4.69) is 4.98 Å². The highest BCUT2D eigenvalue weighted by Gasteiger charge is 2.20. The number of benzene rings is 2. The van der Waals surface area contributed by atoms with Gasteiger partial charge in [0, 0.05) is 17.7 Å². The third-order valence-electron chi connectivity index (χ3n) is 5.18. The van der Waals surface area contributed by atoms with Gasteiger partial charge >= 0.3 is 5.97 Å². The van der Waals surface area contributed by atoms with Crippen LogP contribution in [-0.2, 0) is 0 Å². The Labute approximate surface area is 189 Å². The number of rotatable bonds is 6. The Morgan fingerprint density at radius 2 is 1.94 bits per heavy atom. The van der Waals surface area contributed by atoms with Crippen molar-refractivity contribution in [2.75, 3.05) is 5.73 Å². The molecule has 0 amide bonds. The molecule has 0 fully saturated rings. The summed E-state index contributed by atoms with van der Waals surface area (Å²) in [4.78, 5) is 15.7. The number of hydrogen-bond acceptors (Lipinski definition) is 5. The molecule has 0 saturated carbocycles. The number of nitrogens with one attached hydrogen (secondary N) is 1. The highest BCUT2D eigenvalue weighted by Crippen LogP contribution is 2.31. The first-order valence-corrected chi connectivity index (χ1v) is 10.1. The van der Waals surface area contributed by atoms with E-state index >= 15 is 0 Å². The van der Waals surface area contributed by atoms with Crippen LogP contribution in [-0.4, -0.2) is 28.0 Å². The molecular formula is C25H21FN4O3. The van der Waals surface area contributed by atoms with Gasteiger partial charge in [0.15, 0.2) is 0 Å². The first-order chi connectivity index (χ1) is 15.8. The number of ether oxygens (including phenoxy) is 1. The fourth-order valence-corrected chi connectivity index (χ4v) is 3.59. The molecule has 33 heavy (non-hydrogen) atoms. The molecule has 1 aliphatic carbocycles. The summed E-state index contributed by atoms with van der Waals surface area (Å²) < 4.78 is 20.2. The van der Waals surface area contributed by atoms with E-state index < -0.39 is 17.3 Å². The number of carbonyl (C=O) groups is 1. The fourth-order valence-electron chi connectivity index (χ4n) is 3.59. The second-order valence-corrected chi connectivity index (χ2v) is 7.46. The van der Waals surface area contributed by atoms with Crippen molar-refractivity contribution in [2.24, 2.45) is 5.73 Å². The molecule has 1 aromatic heterocycles. The lowest BCUT2D eigenvalue weighted by molar-refractivity contribution is 0.0692. The average molecular weight is 444 g/mol. The second kappa shape index (κ2) is 8.96. The van der Waals surface area contributed by atoms with E-state index in [1.807, 2.05) is 48.6 Å². The number of amidine groups is 1. The van der Waals surface area contributed by atoms with Gasteiger partial charge in [-0.05, 0) is 42.0 Å². The van der Waals surface area contributed by atoms with Crippen LogP contribution in [0.4, 0.5) is 10.1 Å². The third kappa shape index (κ3) is 4.59. The summed E-state index contributed by atoms with van der Waals surface area (Å²) in [7, 11) is 0. The van der Waals surface area contributed by atoms with Crippen molar-refractivity contribution >= 4 is 23.1 Å². The molecule has 7 nitrogen and oxygen atoms in total. The first kappa shape index (κ1) is 21.8. The molecule has 1 aliphatic rings. The van der Waals surface area contributed by atoms with E-state index in [-0.39, 0.29) is 23.2 Å². The van der Waals surface area contributed by atoms with Gasteiger partial charge in [-0.2, -0.15) is 0 Å². The Morgan fingerprint density at radius 3 is 2.55 bits per heavy atom. The number of aromatic nitrogens is 1. The van der Waals surface area contributed by atoms with Crippen LogP contribution in [0.15, 0.2) is 72.8 Å². The monoisotopic (exact) mass is 444 g/mol. The maximum atomic E-state index is 14.2. The molecule has 0 spiro atoms. The maximum absolute atomic E-state index is 14.2. The molecule has 166 valence electrons. The Balaban J connectivity index is 1.69. The highest BCUT2D eigenvalue weighted by molar-refractivity contribution is 6.05. The lowest BCUT2D eigenvalue weighted by Crippen LogP contribution is -2.19. The van der Waals surface area contributed by atoms with E-state index in [0.717, 1.165) is 11.8 Å². The lowest BCUT2D eigenvalue weighted by atomic mass is 9.96. The Morgan fingerprint density at radius 1 is 1.18 bits per heavy atom. The summed E-state index contributed by atoms with van der Waals surface area (Å²) in [5.41, 5.74) is 13.8. The normalized spacial score (nSPS) is 15.1. The van der Waals surface area contributed by atoms with Gasteiger partial charge in [0.1, 0.15) is 23.5 Å². The minimum atomic E-state index is -1.36. The Hall–Kier alpha value is -4.46. The zero-order chi connectivity index (χ0) is 23.5. The molecule has 4 rings (SSSR count). The van der Waals surface area contributed by atoms with Crippen LogP contribution in [0.25, 0.3) is 16.8 Å². The van der Waals surface area contributed by atoms with Gasteiger partial charge in [-0.3, -0.25) is 5.41 Å². The van der Waals surface area contributed by atoms with Crippen molar-refractivity contribution in [1.29, 1.82) is 5.41 Å². The van der Waals surface area contributed by atoms with Crippen LogP contribution in [0.2, 0.25) is 0 Å². The molecular weight excluding hydrogens is 423 g/mol. The summed E-state index contributed by atoms with van der Waals surface area (Å²) >= 11 is 0. The summed E-state index contributed by atoms with van der Waals surface area (Å²) in [6, 6.07) is 14.7. The molecule has 6 N–H and O–H groups in total. The maximum Gasteiger partial charge on any atom is 0.338 e. The number of carboxylic acids is 1. The lowest BCUT2D eigenvalue weighted by Gasteiger charge is -2.20. The number of hydrogen-bond donors (Lipinski definition) is 4. The summed E-state index contributed by atoms with van der Waals surface area (Å²) in [5.74, 6) is -1.73. The van der Waals surface area contributed by atoms with Crippen molar-refractivity contribution in [3.8, 4) is 17.0 Å². The van der Waals surface area contributed by atoms with Crippen LogP contribution in [0, 0.1) is 11.2 Å². The molecule has 0 saturated heterocycles. The van der Waals surface area contributed by atoms with Gasteiger partial charge in [0.2, 0.25) is 0 Å². The number of allylic oxidation sites excluding steroid dienone is 2. The topological polar surface area (TPSA) is 135 Å². The van der Waals surface area contributed by atoms with Crippen molar-refractivity contribution in [2.45, 2.75) is 12.5 Å². The van der Waals surface area contributed by atoms with Crippen LogP contribution in [0.5, 0.6) is 5.75 Å². The van der Waals surface area contributed by atoms with Crippen molar-refractivity contribution in [1.82, 2.24) is 4.98 Å². The number of carboxylic acid groups (broad SMARTS) is 1. The number of para-hydroxylation sites is 1. The Bertz CT molecular complexity index is 1300. The molecule has 2 aromatic carbocycles. The summed E-state index contributed by atoms with van der Waals surface area (Å²) in [5, 5.41) is 17.0. The predicted molar refractivity (Wildman–Crippen MR) is 125 cm³/mol. The molecule has 1 unspecified atom stereocenters. The minimum Gasteiger partial charge on any atom is -0.486 e. The minimum absolute atomic E-state index is 0.171. The van der Waals surface area contributed by atoms with Crippen molar-refractivity contribution in [3.05, 3.63) is 95.5 Å². The van der Waals surface area contributed by atoms with E-state index in [0.29, 0.717) is 28.9 Å². The van der Waals surface area contributed by atoms with Gasteiger partial charge in [-0.1, -0.05) is 36.4 Å². The van der Waals surface area contributed by atoms with E-state index in [1.165, 1.54) is 18.2 Å². The van der Waals surface area contributed by atoms with Gasteiger partial charge in [-0.25, -0.2) is 14.2 Å². The number of aromatic carboxylic acids is 1. The van der Waals surface area contributed by atoms with Crippen LogP contribution in [0.3, 0.4) is 0 Å². The highest BCUT2D eigenvalue weighted by atomic mass is 19.1. The van der Waals surface area contributed by atoms with Crippen LogP contribution >= 0.6 is 0 Å². The largest absolute Gasteiger partial charge is 0.486 e. The van der Waals surface area contributed by atoms with Gasteiger partial charge in [0.05, 0.1) is 22.5 Å². The SMILES string of the molecule is N=C(N)c1c(N)cc(-c2ccc(C(=O)O)c(F)c2)nc1C1=CCC(Oc2ccccc2)C=C1. The molecule has 8 heteroatoms. The number of nitrogens with zero attached hydrogens (tertiary/aromatic N) is 1. The van der Waals surface area contributed by atoms with Crippen LogP contribution in [0.1, 0.15) is 28.0 Å². The summed E-state index contributed by atoms with van der Waals surface area (Å²) in [6.45, 7) is 0. The van der Waals surface area contributed by atoms with Crippen molar-refractivity contribution < 1.29 is 19.0 Å². The smallest absolute Gasteiger partial charge is 0.338 e. The third-order valence-corrected chi connectivity index (χ3v) is 5.18. The number of pyridine rings is 1. The predicted octanol–water partition coefficient (Wildman–Crippen LogP) is 4.24. The van der Waals surface area contributed by atoms with E-state index in [9.17, 15) is 9.18 Å². The zero-order valence-electron chi connectivity index (χ0n) is 17.5. The van der Waals surface area contributed by atoms with Crippen LogP contribution < -0.4 is 16.2 Å². The van der Waals surface area contributed by atoms with E-state index in [4.69, 9.17) is 26.7 Å². The molecule has 0 aliphatic heterocycles. The molecule has 1 atom stereocenters. The number of halogens is 1. The quantitative estimate of drug-likeness (QED) is 0.332. The molecule has 0 radical (unpaired) electrons. The van der Waals surface area contributed by atoms with E-state index in [1.54, 1.807) is 0 Å². The Kier molecular flexibility index (Phi) is 5.91. The zero-order valence-corrected chi connectivity index (χ0v) is 17.5.